The minimum absolute atomic E-state index is 0. The number of fused-ring (bicyclic) bond motifs is 1. The van der Waals surface area contributed by atoms with E-state index < -0.39 is 0 Å². The van der Waals surface area contributed by atoms with E-state index in [4.69, 9.17) is 22.1 Å². The van der Waals surface area contributed by atoms with Crippen molar-refractivity contribution in [2.75, 3.05) is 18.5 Å². The van der Waals surface area contributed by atoms with Crippen LogP contribution in [0.4, 0.5) is 10.9 Å². The number of halogens is 4. The van der Waals surface area contributed by atoms with E-state index in [0.29, 0.717) is 35.4 Å². The van der Waals surface area contributed by atoms with Crippen LogP contribution < -0.4 is 15.8 Å². The molecule has 0 saturated carbocycles. The first-order valence-corrected chi connectivity index (χ1v) is 9.64. The van der Waals surface area contributed by atoms with E-state index in [0.717, 1.165) is 28.0 Å². The highest BCUT2D eigenvalue weighted by atomic mass is 35.5. The average molecular weight is 510 g/mol. The quantitative estimate of drug-likeness (QED) is 0.285. The molecule has 3 aromatic heterocycles. The van der Waals surface area contributed by atoms with E-state index in [1.54, 1.807) is 18.5 Å². The molecule has 0 aliphatic carbocycles. The average Bonchev–Trinajstić information content (AvgIpc) is 3.33. The van der Waals surface area contributed by atoms with Gasteiger partial charge in [-0.25, -0.2) is 4.98 Å². The van der Waals surface area contributed by atoms with Gasteiger partial charge in [0.1, 0.15) is 11.3 Å². The first kappa shape index (κ1) is 26.2. The smallest absolute Gasteiger partial charge is 0.188 e. The lowest BCUT2D eigenvalue weighted by atomic mass is 10.1. The maximum absolute atomic E-state index is 6.35. The summed E-state index contributed by atoms with van der Waals surface area (Å²) in [5.41, 5.74) is 7.91. The first-order valence-electron chi connectivity index (χ1n) is 8.38. The third-order valence-corrected chi connectivity index (χ3v) is 4.93. The Morgan fingerprint density at radius 2 is 2.00 bits per heavy atom. The molecule has 0 atom stereocenters. The monoisotopic (exact) mass is 508 g/mol. The van der Waals surface area contributed by atoms with Crippen LogP contribution in [0.5, 0.6) is 5.75 Å². The molecule has 0 bridgehead atoms. The second kappa shape index (κ2) is 12.1. The number of rotatable bonds is 7. The Balaban J connectivity index is 0.00000150. The molecule has 0 saturated heterocycles. The van der Waals surface area contributed by atoms with Gasteiger partial charge in [0.2, 0.25) is 0 Å². The summed E-state index contributed by atoms with van der Waals surface area (Å²) in [5, 5.41) is 14.8. The molecule has 4 N–H and O–H groups in total. The SMILES string of the molecule is Cl.Cl.Cl.NCCCOc1cc(-c2ncccc2Cl)cc2c(Nc3nccs3)n[nH]c12. The van der Waals surface area contributed by atoms with Crippen LogP contribution in [0.15, 0.2) is 42.0 Å². The lowest BCUT2D eigenvalue weighted by molar-refractivity contribution is 0.316. The third kappa shape index (κ3) is 5.66. The normalized spacial score (nSPS) is 9.93. The van der Waals surface area contributed by atoms with Gasteiger partial charge in [0.25, 0.3) is 0 Å². The van der Waals surface area contributed by atoms with Crippen molar-refractivity contribution in [2.24, 2.45) is 5.73 Å². The van der Waals surface area contributed by atoms with Crippen molar-refractivity contribution >= 4 is 82.0 Å². The van der Waals surface area contributed by atoms with Gasteiger partial charge in [-0.05, 0) is 37.2 Å². The summed E-state index contributed by atoms with van der Waals surface area (Å²) in [6, 6.07) is 7.51. The molecule has 0 amide bonds. The molecule has 12 heteroatoms. The van der Waals surface area contributed by atoms with Gasteiger partial charge in [-0.15, -0.1) is 48.6 Å². The molecule has 0 fully saturated rings. The molecule has 3 heterocycles. The molecule has 0 spiro atoms. The number of anilines is 2. The largest absolute Gasteiger partial charge is 0.491 e. The van der Waals surface area contributed by atoms with Gasteiger partial charge in [-0.3, -0.25) is 10.1 Å². The Morgan fingerprint density at radius 3 is 2.70 bits per heavy atom. The molecule has 0 unspecified atom stereocenters. The summed E-state index contributed by atoms with van der Waals surface area (Å²) >= 11 is 7.85. The highest BCUT2D eigenvalue weighted by Crippen LogP contribution is 2.37. The molecular formula is C18H20Cl4N6OS. The Hall–Kier alpha value is -1.81. The molecule has 4 rings (SSSR count). The van der Waals surface area contributed by atoms with Crippen LogP contribution in [0, 0.1) is 0 Å². The van der Waals surface area contributed by atoms with Crippen LogP contribution in [0.25, 0.3) is 22.2 Å². The van der Waals surface area contributed by atoms with Crippen molar-refractivity contribution in [1.82, 2.24) is 20.2 Å². The van der Waals surface area contributed by atoms with Crippen LogP contribution in [0.1, 0.15) is 6.42 Å². The van der Waals surface area contributed by atoms with Crippen LogP contribution >= 0.6 is 60.2 Å². The summed E-state index contributed by atoms with van der Waals surface area (Å²) in [5.74, 6) is 1.34. The number of nitrogens with two attached hydrogens (primary N) is 1. The number of pyridine rings is 1. The van der Waals surface area contributed by atoms with Gasteiger partial charge in [0.15, 0.2) is 10.9 Å². The minimum atomic E-state index is 0. The summed E-state index contributed by atoms with van der Waals surface area (Å²) in [6.07, 6.45) is 4.21. The van der Waals surface area contributed by atoms with E-state index in [1.807, 2.05) is 23.6 Å². The summed E-state index contributed by atoms with van der Waals surface area (Å²) < 4.78 is 5.95. The molecule has 1 aromatic carbocycles. The fraction of sp³-hybridized carbons (Fsp3) is 0.167. The summed E-state index contributed by atoms with van der Waals surface area (Å²) in [4.78, 5) is 8.66. The highest BCUT2D eigenvalue weighted by molar-refractivity contribution is 7.13. The van der Waals surface area contributed by atoms with Crippen molar-refractivity contribution < 1.29 is 4.74 Å². The van der Waals surface area contributed by atoms with Gasteiger partial charge < -0.3 is 15.8 Å². The second-order valence-electron chi connectivity index (χ2n) is 5.76. The van der Waals surface area contributed by atoms with Crippen LogP contribution in [0.3, 0.4) is 0 Å². The molecule has 30 heavy (non-hydrogen) atoms. The summed E-state index contributed by atoms with van der Waals surface area (Å²) in [7, 11) is 0. The zero-order chi connectivity index (χ0) is 18.6. The molecule has 0 aliphatic rings. The number of thiazole rings is 1. The van der Waals surface area contributed by atoms with E-state index in [1.165, 1.54) is 11.3 Å². The predicted octanol–water partition coefficient (Wildman–Crippen LogP) is 5.47. The molecule has 0 radical (unpaired) electrons. The standard InChI is InChI=1S/C18H17ClN6OS.3ClH/c19-13-3-1-5-21-15(13)11-9-12-16(14(10-11)26-7-2-4-20)24-25-17(12)23-18-22-6-8-27-18;;;/h1,3,5-6,8-10H,2,4,7,20H2,(H2,22,23,24,25);3*1H. The van der Waals surface area contributed by atoms with Gasteiger partial charge in [0, 0.05) is 28.7 Å². The number of hydrogen-bond acceptors (Lipinski definition) is 7. The minimum Gasteiger partial charge on any atom is -0.491 e. The lowest BCUT2D eigenvalue weighted by Crippen LogP contribution is -2.06. The zero-order valence-electron chi connectivity index (χ0n) is 15.5. The van der Waals surface area contributed by atoms with Crippen LogP contribution in [-0.2, 0) is 0 Å². The van der Waals surface area contributed by atoms with Crippen LogP contribution in [0.2, 0.25) is 5.02 Å². The van der Waals surface area contributed by atoms with Crippen molar-refractivity contribution in [3.63, 3.8) is 0 Å². The summed E-state index contributed by atoms with van der Waals surface area (Å²) in [6.45, 7) is 1.08. The number of H-pyrrole nitrogens is 1. The van der Waals surface area contributed by atoms with Crippen LogP contribution in [-0.4, -0.2) is 33.3 Å². The molecule has 7 nitrogen and oxygen atoms in total. The zero-order valence-corrected chi connectivity index (χ0v) is 19.5. The van der Waals surface area contributed by atoms with E-state index in [2.05, 4.69) is 25.5 Å². The molecule has 162 valence electrons. The van der Waals surface area contributed by atoms with E-state index in [9.17, 15) is 0 Å². The Bertz CT molecular complexity index is 1060. The van der Waals surface area contributed by atoms with Gasteiger partial charge in [-0.2, -0.15) is 5.10 Å². The number of nitrogens with one attached hydrogen (secondary N) is 2. The lowest BCUT2D eigenvalue weighted by Gasteiger charge is -2.10. The Morgan fingerprint density at radius 1 is 1.17 bits per heavy atom. The highest BCUT2D eigenvalue weighted by Gasteiger charge is 2.16. The number of hydrogen-bond donors (Lipinski definition) is 3. The van der Waals surface area contributed by atoms with E-state index >= 15 is 0 Å². The number of aromatic amines is 1. The number of nitrogens with zero attached hydrogens (tertiary/aromatic N) is 3. The topological polar surface area (TPSA) is 102 Å². The first-order chi connectivity index (χ1) is 13.3. The van der Waals surface area contributed by atoms with E-state index in [-0.39, 0.29) is 37.2 Å². The van der Waals surface area contributed by atoms with Gasteiger partial charge in [-0.1, -0.05) is 11.6 Å². The van der Waals surface area contributed by atoms with Crippen molar-refractivity contribution in [2.45, 2.75) is 6.42 Å². The molecular weight excluding hydrogens is 490 g/mol. The second-order valence-corrected chi connectivity index (χ2v) is 7.06. The Kier molecular flexibility index (Phi) is 10.6. The fourth-order valence-electron chi connectivity index (χ4n) is 2.69. The van der Waals surface area contributed by atoms with Gasteiger partial charge in [0.05, 0.1) is 17.3 Å². The van der Waals surface area contributed by atoms with Crippen molar-refractivity contribution in [3.05, 3.63) is 47.1 Å². The fourth-order valence-corrected chi connectivity index (χ4v) is 3.44. The number of aromatic nitrogens is 4. The van der Waals surface area contributed by atoms with Crippen molar-refractivity contribution in [1.29, 1.82) is 0 Å². The molecule has 4 aromatic rings. The predicted molar refractivity (Wildman–Crippen MR) is 131 cm³/mol. The maximum atomic E-state index is 6.35. The Labute approximate surface area is 201 Å². The molecule has 0 aliphatic heterocycles. The number of benzene rings is 1. The third-order valence-electron chi connectivity index (χ3n) is 3.93. The van der Waals surface area contributed by atoms with Gasteiger partial charge >= 0.3 is 0 Å². The van der Waals surface area contributed by atoms with Crippen molar-refractivity contribution in [3.8, 4) is 17.0 Å². The number of ether oxygens (including phenoxy) is 1. The maximum Gasteiger partial charge on any atom is 0.188 e.